The molecule has 0 aromatic carbocycles. The molecule has 0 atom stereocenters. The van der Waals surface area contributed by atoms with Crippen molar-refractivity contribution in [2.24, 2.45) is 7.05 Å². The van der Waals surface area contributed by atoms with Crippen molar-refractivity contribution in [2.45, 2.75) is 6.42 Å². The number of nitrogens with zero attached hydrogens (tertiary/aromatic N) is 4. The fraction of sp³-hybridized carbons (Fsp3) is 0.273. The third-order valence-electron chi connectivity index (χ3n) is 2.35. The van der Waals surface area contributed by atoms with E-state index in [4.69, 9.17) is 0 Å². The van der Waals surface area contributed by atoms with Crippen LogP contribution in [0.2, 0.25) is 0 Å². The Balaban J connectivity index is 1.84. The Morgan fingerprint density at radius 3 is 2.88 bits per heavy atom. The maximum absolute atomic E-state index is 11.6. The number of rotatable bonds is 4. The molecule has 88 valence electrons. The SMILES string of the molecule is Cn1ccnc1CCNC(=O)c1cnccn1. The summed E-state index contributed by atoms with van der Waals surface area (Å²) in [5.74, 6) is 0.719. The smallest absolute Gasteiger partial charge is 0.271 e. The van der Waals surface area contributed by atoms with Crippen molar-refractivity contribution in [1.29, 1.82) is 0 Å². The molecule has 0 saturated carbocycles. The van der Waals surface area contributed by atoms with Crippen LogP contribution in [0, 0.1) is 0 Å². The predicted octanol–water partition coefficient (Wildman–Crippen LogP) is 0.183. The van der Waals surface area contributed by atoms with Gasteiger partial charge in [0.1, 0.15) is 11.5 Å². The van der Waals surface area contributed by atoms with Crippen LogP contribution in [-0.2, 0) is 13.5 Å². The molecule has 17 heavy (non-hydrogen) atoms. The van der Waals surface area contributed by atoms with E-state index in [0.29, 0.717) is 18.7 Å². The Kier molecular flexibility index (Phi) is 3.44. The highest BCUT2D eigenvalue weighted by molar-refractivity contribution is 5.91. The van der Waals surface area contributed by atoms with Crippen LogP contribution in [0.25, 0.3) is 0 Å². The number of carbonyl (C=O) groups excluding carboxylic acids is 1. The van der Waals surface area contributed by atoms with Crippen molar-refractivity contribution in [1.82, 2.24) is 24.8 Å². The maximum Gasteiger partial charge on any atom is 0.271 e. The van der Waals surface area contributed by atoms with Gasteiger partial charge < -0.3 is 9.88 Å². The van der Waals surface area contributed by atoms with Crippen LogP contribution in [0.4, 0.5) is 0 Å². The molecule has 0 unspecified atom stereocenters. The van der Waals surface area contributed by atoms with E-state index in [1.54, 1.807) is 6.20 Å². The Bertz CT molecular complexity index is 494. The fourth-order valence-corrected chi connectivity index (χ4v) is 1.43. The summed E-state index contributed by atoms with van der Waals surface area (Å²) in [5.41, 5.74) is 0.326. The predicted molar refractivity (Wildman–Crippen MR) is 61.3 cm³/mol. The summed E-state index contributed by atoms with van der Waals surface area (Å²) >= 11 is 0. The van der Waals surface area contributed by atoms with Crippen LogP contribution in [0.5, 0.6) is 0 Å². The first-order chi connectivity index (χ1) is 8.27. The number of carbonyl (C=O) groups is 1. The van der Waals surface area contributed by atoms with Gasteiger partial charge in [-0.25, -0.2) is 9.97 Å². The van der Waals surface area contributed by atoms with E-state index < -0.39 is 0 Å². The molecule has 6 nitrogen and oxygen atoms in total. The summed E-state index contributed by atoms with van der Waals surface area (Å²) in [5, 5.41) is 2.77. The molecule has 2 rings (SSSR count). The van der Waals surface area contributed by atoms with Gasteiger partial charge >= 0.3 is 0 Å². The van der Waals surface area contributed by atoms with Gasteiger partial charge in [-0.2, -0.15) is 0 Å². The van der Waals surface area contributed by atoms with Gasteiger partial charge in [0.25, 0.3) is 5.91 Å². The first-order valence-electron chi connectivity index (χ1n) is 5.28. The molecule has 0 radical (unpaired) electrons. The summed E-state index contributed by atoms with van der Waals surface area (Å²) in [6.07, 6.45) is 8.77. The molecule has 1 N–H and O–H groups in total. The number of aryl methyl sites for hydroxylation is 1. The van der Waals surface area contributed by atoms with Gasteiger partial charge in [-0.15, -0.1) is 0 Å². The van der Waals surface area contributed by atoms with E-state index >= 15 is 0 Å². The minimum Gasteiger partial charge on any atom is -0.350 e. The average Bonchev–Trinajstić information content (AvgIpc) is 2.76. The summed E-state index contributed by atoms with van der Waals surface area (Å²) in [4.78, 5) is 23.5. The molecule has 0 aliphatic heterocycles. The van der Waals surface area contributed by atoms with Gasteiger partial charge in [0.05, 0.1) is 6.20 Å². The largest absolute Gasteiger partial charge is 0.350 e. The van der Waals surface area contributed by atoms with Crippen LogP contribution < -0.4 is 5.32 Å². The molecule has 0 aliphatic carbocycles. The van der Waals surface area contributed by atoms with Crippen LogP contribution in [-0.4, -0.2) is 32.0 Å². The second kappa shape index (κ2) is 5.20. The Hall–Kier alpha value is -2.24. The topological polar surface area (TPSA) is 72.7 Å². The lowest BCUT2D eigenvalue weighted by Crippen LogP contribution is -2.27. The van der Waals surface area contributed by atoms with Crippen molar-refractivity contribution in [2.75, 3.05) is 6.54 Å². The molecular weight excluding hydrogens is 218 g/mol. The van der Waals surface area contributed by atoms with Crippen molar-refractivity contribution >= 4 is 5.91 Å². The molecule has 2 heterocycles. The average molecular weight is 231 g/mol. The number of nitrogens with one attached hydrogen (secondary N) is 1. The summed E-state index contributed by atoms with van der Waals surface area (Å²) in [6, 6.07) is 0. The molecule has 0 saturated heterocycles. The standard InChI is InChI=1S/C11H13N5O/c1-16-7-6-14-10(16)2-3-15-11(17)9-8-12-4-5-13-9/h4-8H,2-3H2,1H3,(H,15,17). The zero-order valence-electron chi connectivity index (χ0n) is 9.50. The third-order valence-corrected chi connectivity index (χ3v) is 2.35. The molecule has 1 amide bonds. The number of hydrogen-bond donors (Lipinski definition) is 1. The van der Waals surface area contributed by atoms with E-state index in [1.807, 2.05) is 17.8 Å². The lowest BCUT2D eigenvalue weighted by atomic mass is 10.3. The number of imidazole rings is 1. The Morgan fingerprint density at radius 2 is 2.24 bits per heavy atom. The first-order valence-corrected chi connectivity index (χ1v) is 5.28. The summed E-state index contributed by atoms with van der Waals surface area (Å²) < 4.78 is 1.93. The fourth-order valence-electron chi connectivity index (χ4n) is 1.43. The van der Waals surface area contributed by atoms with Crippen LogP contribution in [0.1, 0.15) is 16.3 Å². The quantitative estimate of drug-likeness (QED) is 0.814. The Morgan fingerprint density at radius 1 is 1.35 bits per heavy atom. The highest BCUT2D eigenvalue weighted by Crippen LogP contribution is 1.95. The van der Waals surface area contributed by atoms with Crippen LogP contribution in [0.3, 0.4) is 0 Å². The Labute approximate surface area is 98.7 Å². The van der Waals surface area contributed by atoms with Gasteiger partial charge in [0.2, 0.25) is 0 Å². The van der Waals surface area contributed by atoms with Gasteiger partial charge in [0, 0.05) is 44.8 Å². The highest BCUT2D eigenvalue weighted by atomic mass is 16.1. The van der Waals surface area contributed by atoms with Gasteiger partial charge in [-0.1, -0.05) is 0 Å². The molecule has 0 bridgehead atoms. The zero-order valence-corrected chi connectivity index (χ0v) is 9.50. The van der Waals surface area contributed by atoms with E-state index in [9.17, 15) is 4.79 Å². The molecule has 0 fully saturated rings. The maximum atomic E-state index is 11.6. The molecule has 2 aromatic rings. The van der Waals surface area contributed by atoms with E-state index in [1.165, 1.54) is 18.6 Å². The number of hydrogen-bond acceptors (Lipinski definition) is 4. The molecule has 0 spiro atoms. The molecular formula is C11H13N5O. The summed E-state index contributed by atoms with van der Waals surface area (Å²) in [7, 11) is 1.92. The van der Waals surface area contributed by atoms with Gasteiger partial charge in [-0.3, -0.25) is 9.78 Å². The zero-order chi connectivity index (χ0) is 12.1. The first kappa shape index (κ1) is 11.3. The van der Waals surface area contributed by atoms with E-state index in [2.05, 4.69) is 20.3 Å². The lowest BCUT2D eigenvalue weighted by Gasteiger charge is -2.04. The van der Waals surface area contributed by atoms with Crippen LogP contribution >= 0.6 is 0 Å². The van der Waals surface area contributed by atoms with Crippen LogP contribution in [0.15, 0.2) is 31.0 Å². The van der Waals surface area contributed by atoms with Gasteiger partial charge in [-0.05, 0) is 0 Å². The van der Waals surface area contributed by atoms with Crippen molar-refractivity contribution in [3.63, 3.8) is 0 Å². The van der Waals surface area contributed by atoms with Crippen molar-refractivity contribution < 1.29 is 4.79 Å². The monoisotopic (exact) mass is 231 g/mol. The normalized spacial score (nSPS) is 10.2. The number of aromatic nitrogens is 4. The van der Waals surface area contributed by atoms with E-state index in [0.717, 1.165) is 5.82 Å². The van der Waals surface area contributed by atoms with Crippen molar-refractivity contribution in [3.05, 3.63) is 42.5 Å². The minimum atomic E-state index is -0.215. The second-order valence-corrected chi connectivity index (χ2v) is 3.55. The molecule has 6 heteroatoms. The summed E-state index contributed by atoms with van der Waals surface area (Å²) in [6.45, 7) is 0.528. The van der Waals surface area contributed by atoms with Crippen molar-refractivity contribution in [3.8, 4) is 0 Å². The molecule has 2 aromatic heterocycles. The third kappa shape index (κ3) is 2.87. The number of amides is 1. The van der Waals surface area contributed by atoms with E-state index in [-0.39, 0.29) is 5.91 Å². The second-order valence-electron chi connectivity index (χ2n) is 3.55. The highest BCUT2D eigenvalue weighted by Gasteiger charge is 2.06. The van der Waals surface area contributed by atoms with Gasteiger partial charge in [0.15, 0.2) is 0 Å². The molecule has 0 aliphatic rings. The lowest BCUT2D eigenvalue weighted by molar-refractivity contribution is 0.0948. The minimum absolute atomic E-state index is 0.215.